The molecule has 0 aromatic heterocycles. The summed E-state index contributed by atoms with van der Waals surface area (Å²) in [4.78, 5) is 15.6. The molecule has 3 N–H and O–H groups in total. The summed E-state index contributed by atoms with van der Waals surface area (Å²) >= 11 is 0. The number of carbonyl (C=O) groups is 1. The van der Waals surface area contributed by atoms with Crippen molar-refractivity contribution in [2.24, 2.45) is 4.99 Å². The Hall–Kier alpha value is -1.58. The van der Waals surface area contributed by atoms with Gasteiger partial charge in [0.25, 0.3) is 0 Å². The molecule has 1 rings (SSSR count). The third-order valence-corrected chi connectivity index (χ3v) is 3.30. The lowest BCUT2D eigenvalue weighted by molar-refractivity contribution is 0.0529. The number of nitrogens with zero attached hydrogens (tertiary/aromatic N) is 1. The highest BCUT2D eigenvalue weighted by Crippen LogP contribution is 2.10. The monoisotopic (exact) mass is 480 g/mol. The number of alkyl carbamates (subject to hydrolysis) is 1. The van der Waals surface area contributed by atoms with E-state index in [4.69, 9.17) is 4.74 Å². The lowest BCUT2D eigenvalue weighted by atomic mass is 10.1. The number of carbonyl (C=O) groups excluding carboxylic acids is 1. The fraction of sp³-hybridized carbons (Fsp3) is 0.556. The summed E-state index contributed by atoms with van der Waals surface area (Å²) in [6.45, 7) is 8.97. The zero-order chi connectivity index (χ0) is 18.9. The summed E-state index contributed by atoms with van der Waals surface area (Å²) in [5.74, 6) is 0.426. The number of amides is 1. The van der Waals surface area contributed by atoms with Crippen molar-refractivity contribution >= 4 is 36.0 Å². The average Bonchev–Trinajstić information content (AvgIpc) is 2.49. The molecule has 1 aromatic carbocycles. The van der Waals surface area contributed by atoms with Crippen molar-refractivity contribution in [2.45, 2.75) is 39.7 Å². The second kappa shape index (κ2) is 11.9. The fourth-order valence-electron chi connectivity index (χ4n) is 2.14. The van der Waals surface area contributed by atoms with E-state index in [1.54, 1.807) is 13.1 Å². The minimum Gasteiger partial charge on any atom is -0.444 e. The maximum atomic E-state index is 13.1. The van der Waals surface area contributed by atoms with Crippen molar-refractivity contribution in [3.63, 3.8) is 0 Å². The molecule has 26 heavy (non-hydrogen) atoms. The van der Waals surface area contributed by atoms with Crippen molar-refractivity contribution in [1.82, 2.24) is 16.0 Å². The molecule has 0 unspecified atom stereocenters. The van der Waals surface area contributed by atoms with Gasteiger partial charge >= 0.3 is 6.09 Å². The van der Waals surface area contributed by atoms with Crippen LogP contribution in [-0.2, 0) is 11.2 Å². The molecule has 1 amide bonds. The van der Waals surface area contributed by atoms with Crippen LogP contribution in [0, 0.1) is 12.7 Å². The van der Waals surface area contributed by atoms with Crippen molar-refractivity contribution in [3.8, 4) is 0 Å². The molecule has 0 spiro atoms. The van der Waals surface area contributed by atoms with Gasteiger partial charge in [-0.05, 0) is 57.4 Å². The normalized spacial score (nSPS) is 11.4. The van der Waals surface area contributed by atoms with Crippen molar-refractivity contribution < 1.29 is 13.9 Å². The van der Waals surface area contributed by atoms with Gasteiger partial charge in [0.1, 0.15) is 11.4 Å². The van der Waals surface area contributed by atoms with Crippen molar-refractivity contribution in [3.05, 3.63) is 35.1 Å². The molecule has 0 fully saturated rings. The maximum Gasteiger partial charge on any atom is 0.407 e. The number of guanidine groups is 1. The topological polar surface area (TPSA) is 74.8 Å². The molecule has 0 saturated heterocycles. The number of nitrogens with one attached hydrogen (secondary N) is 3. The highest BCUT2D eigenvalue weighted by molar-refractivity contribution is 14.0. The van der Waals surface area contributed by atoms with Crippen molar-refractivity contribution in [1.29, 1.82) is 0 Å². The van der Waals surface area contributed by atoms with Crippen LogP contribution < -0.4 is 16.0 Å². The summed E-state index contributed by atoms with van der Waals surface area (Å²) in [7, 11) is 1.68. The molecule has 0 saturated carbocycles. The van der Waals surface area contributed by atoms with Crippen LogP contribution in [0.1, 0.15) is 31.9 Å². The Balaban J connectivity index is 0.00000625. The highest BCUT2D eigenvalue weighted by Gasteiger charge is 2.15. The quantitative estimate of drug-likeness (QED) is 0.253. The molecule has 0 radical (unpaired) electrons. The van der Waals surface area contributed by atoms with E-state index in [1.165, 1.54) is 12.1 Å². The Morgan fingerprint density at radius 2 is 1.77 bits per heavy atom. The Bertz CT molecular complexity index is 603. The first-order chi connectivity index (χ1) is 11.7. The summed E-state index contributed by atoms with van der Waals surface area (Å²) in [5, 5.41) is 8.96. The number of aliphatic imine (C=N–C) groups is 1. The number of ether oxygens (including phenoxy) is 1. The predicted molar refractivity (Wildman–Crippen MR) is 114 cm³/mol. The zero-order valence-electron chi connectivity index (χ0n) is 16.1. The van der Waals surface area contributed by atoms with E-state index in [9.17, 15) is 9.18 Å². The Morgan fingerprint density at radius 3 is 2.35 bits per heavy atom. The van der Waals surface area contributed by atoms with Gasteiger partial charge in [0, 0.05) is 26.7 Å². The Kier molecular flexibility index (Phi) is 11.2. The van der Waals surface area contributed by atoms with Crippen LogP contribution in [0.2, 0.25) is 0 Å². The number of rotatable bonds is 6. The van der Waals surface area contributed by atoms with Gasteiger partial charge in [0.05, 0.1) is 0 Å². The van der Waals surface area contributed by atoms with Gasteiger partial charge in [-0.25, -0.2) is 9.18 Å². The van der Waals surface area contributed by atoms with E-state index >= 15 is 0 Å². The minimum absolute atomic E-state index is 0. The van der Waals surface area contributed by atoms with Crippen LogP contribution in [0.4, 0.5) is 9.18 Å². The first kappa shape index (κ1) is 24.4. The van der Waals surface area contributed by atoms with Gasteiger partial charge in [-0.3, -0.25) is 4.99 Å². The van der Waals surface area contributed by atoms with Gasteiger partial charge in [-0.2, -0.15) is 0 Å². The predicted octanol–water partition coefficient (Wildman–Crippen LogP) is 2.98. The lowest BCUT2D eigenvalue weighted by Gasteiger charge is -2.20. The summed E-state index contributed by atoms with van der Waals surface area (Å²) < 4.78 is 18.2. The van der Waals surface area contributed by atoms with E-state index in [0.29, 0.717) is 25.6 Å². The van der Waals surface area contributed by atoms with Crippen LogP contribution in [0.25, 0.3) is 0 Å². The number of aryl methyl sites for hydroxylation is 1. The first-order valence-corrected chi connectivity index (χ1v) is 8.37. The van der Waals surface area contributed by atoms with Gasteiger partial charge < -0.3 is 20.7 Å². The van der Waals surface area contributed by atoms with E-state index in [0.717, 1.165) is 17.5 Å². The fourth-order valence-corrected chi connectivity index (χ4v) is 2.14. The molecule has 0 aliphatic heterocycles. The summed E-state index contributed by atoms with van der Waals surface area (Å²) in [5.41, 5.74) is 1.52. The third kappa shape index (κ3) is 10.4. The summed E-state index contributed by atoms with van der Waals surface area (Å²) in [6, 6.07) is 4.80. The van der Waals surface area contributed by atoms with Crippen LogP contribution in [-0.4, -0.2) is 44.3 Å². The number of hydrogen-bond donors (Lipinski definition) is 3. The second-order valence-electron chi connectivity index (χ2n) is 6.68. The molecule has 0 aliphatic rings. The molecule has 1 aromatic rings. The smallest absolute Gasteiger partial charge is 0.407 e. The van der Waals surface area contributed by atoms with Crippen LogP contribution >= 0.6 is 24.0 Å². The molecular weight excluding hydrogens is 450 g/mol. The number of hydrogen-bond acceptors (Lipinski definition) is 3. The largest absolute Gasteiger partial charge is 0.444 e. The first-order valence-electron chi connectivity index (χ1n) is 8.37. The Labute approximate surface area is 172 Å². The molecule has 0 atom stereocenters. The van der Waals surface area contributed by atoms with Crippen LogP contribution in [0.15, 0.2) is 23.2 Å². The minimum atomic E-state index is -0.506. The van der Waals surface area contributed by atoms with Crippen molar-refractivity contribution in [2.75, 3.05) is 26.7 Å². The van der Waals surface area contributed by atoms with Gasteiger partial charge in [-0.15, -0.1) is 24.0 Å². The highest BCUT2D eigenvalue weighted by atomic mass is 127. The van der Waals surface area contributed by atoms with Crippen LogP contribution in [0.3, 0.4) is 0 Å². The van der Waals surface area contributed by atoms with Gasteiger partial charge in [-0.1, -0.05) is 6.07 Å². The summed E-state index contributed by atoms with van der Waals surface area (Å²) in [6.07, 6.45) is 0.326. The van der Waals surface area contributed by atoms with E-state index in [1.807, 2.05) is 27.7 Å². The third-order valence-electron chi connectivity index (χ3n) is 3.30. The van der Waals surface area contributed by atoms with Crippen LogP contribution in [0.5, 0.6) is 0 Å². The standard InChI is InChI=1S/C18H29FN4O2.HI/c1-13-12-15(19)7-6-14(13)8-9-21-16(20-5)22-10-11-23-17(24)25-18(2,3)4;/h6-7,12H,8-11H2,1-5H3,(H,23,24)(H2,20,21,22);1H. The number of halogens is 2. The van der Waals surface area contributed by atoms with Gasteiger partial charge in [0.2, 0.25) is 0 Å². The average molecular weight is 480 g/mol. The molecular formula is C18H30FIN4O2. The molecule has 0 heterocycles. The SMILES string of the molecule is CN=C(NCCNC(=O)OC(C)(C)C)NCCc1ccc(F)cc1C.I. The van der Waals surface area contributed by atoms with Gasteiger partial charge in [0.15, 0.2) is 5.96 Å². The molecule has 6 nitrogen and oxygen atoms in total. The zero-order valence-corrected chi connectivity index (χ0v) is 18.4. The molecule has 148 valence electrons. The van der Waals surface area contributed by atoms with E-state index in [2.05, 4.69) is 20.9 Å². The lowest BCUT2D eigenvalue weighted by Crippen LogP contribution is -2.43. The second-order valence-corrected chi connectivity index (χ2v) is 6.68. The maximum absolute atomic E-state index is 13.1. The molecule has 8 heteroatoms. The van der Waals surface area contributed by atoms with E-state index in [-0.39, 0.29) is 29.8 Å². The molecule has 0 aliphatic carbocycles. The Morgan fingerprint density at radius 1 is 1.15 bits per heavy atom. The molecule has 0 bridgehead atoms. The van der Waals surface area contributed by atoms with E-state index < -0.39 is 11.7 Å². The number of benzene rings is 1.